The van der Waals surface area contributed by atoms with Crippen LogP contribution in [-0.2, 0) is 6.61 Å². The summed E-state index contributed by atoms with van der Waals surface area (Å²) in [7, 11) is 0. The maximum atomic E-state index is 5.64. The van der Waals surface area contributed by atoms with Gasteiger partial charge in [0.25, 0.3) is 0 Å². The number of nitrogens with zero attached hydrogens (tertiary/aromatic N) is 1. The molecule has 0 aliphatic carbocycles. The Hall–Kier alpha value is -2.29. The highest BCUT2D eigenvalue weighted by Crippen LogP contribution is 2.22. The third-order valence-electron chi connectivity index (χ3n) is 2.59. The molecule has 0 saturated carbocycles. The van der Waals surface area contributed by atoms with Gasteiger partial charge in [-0.15, -0.1) is 0 Å². The Balaban J connectivity index is 1.82. The molecular weight excluding hydrogens is 214 g/mol. The lowest BCUT2D eigenvalue weighted by Gasteiger charge is -2.03. The number of benzene rings is 1. The highest BCUT2D eigenvalue weighted by atomic mass is 16.5. The van der Waals surface area contributed by atoms with Crippen LogP contribution in [0.25, 0.3) is 11.0 Å². The van der Waals surface area contributed by atoms with E-state index >= 15 is 0 Å². The molecule has 3 nitrogen and oxygen atoms in total. The van der Waals surface area contributed by atoms with Crippen molar-refractivity contribution in [1.82, 2.24) is 4.98 Å². The molecule has 1 aromatic carbocycles. The fourth-order valence-corrected chi connectivity index (χ4v) is 1.74. The summed E-state index contributed by atoms with van der Waals surface area (Å²) in [6.45, 7) is 0.489. The molecule has 3 heteroatoms. The van der Waals surface area contributed by atoms with Gasteiger partial charge < -0.3 is 9.15 Å². The van der Waals surface area contributed by atoms with E-state index in [1.807, 2.05) is 36.4 Å². The van der Waals surface area contributed by atoms with Crippen LogP contribution in [0, 0.1) is 0 Å². The predicted octanol–water partition coefficient (Wildman–Crippen LogP) is 3.41. The monoisotopic (exact) mass is 225 g/mol. The minimum atomic E-state index is 0.489. The second-order valence-corrected chi connectivity index (χ2v) is 3.73. The van der Waals surface area contributed by atoms with Crippen molar-refractivity contribution in [2.24, 2.45) is 0 Å². The normalized spacial score (nSPS) is 10.6. The minimum absolute atomic E-state index is 0.489. The minimum Gasteiger partial charge on any atom is -0.487 e. The summed E-state index contributed by atoms with van der Waals surface area (Å²) in [6.07, 6.45) is 5.16. The van der Waals surface area contributed by atoms with Crippen molar-refractivity contribution in [3.05, 3.63) is 60.6 Å². The van der Waals surface area contributed by atoms with E-state index in [0.717, 1.165) is 22.3 Å². The van der Waals surface area contributed by atoms with Gasteiger partial charge in [-0.3, -0.25) is 4.98 Å². The molecule has 17 heavy (non-hydrogen) atoms. The van der Waals surface area contributed by atoms with Gasteiger partial charge in [0, 0.05) is 17.1 Å². The maximum absolute atomic E-state index is 5.64. The standard InChI is InChI=1S/C14H11NO2/c1-2-6-14-13(5-1)11(10-17-14)9-16-12-4-3-7-15-8-12/h1-8,10H,9H2. The number of hydrogen-bond acceptors (Lipinski definition) is 3. The molecule has 0 atom stereocenters. The summed E-state index contributed by atoms with van der Waals surface area (Å²) in [5.41, 5.74) is 1.93. The second kappa shape index (κ2) is 4.29. The lowest BCUT2D eigenvalue weighted by Crippen LogP contribution is -1.94. The number of hydrogen-bond donors (Lipinski definition) is 0. The molecule has 0 aliphatic heterocycles. The smallest absolute Gasteiger partial charge is 0.138 e. The summed E-state index contributed by atoms with van der Waals surface area (Å²) in [6, 6.07) is 11.7. The van der Waals surface area contributed by atoms with Crippen LogP contribution in [0.3, 0.4) is 0 Å². The Kier molecular flexibility index (Phi) is 2.50. The molecular formula is C14H11NO2. The van der Waals surface area contributed by atoms with E-state index in [9.17, 15) is 0 Å². The van der Waals surface area contributed by atoms with Crippen molar-refractivity contribution >= 4 is 11.0 Å². The number of rotatable bonds is 3. The van der Waals surface area contributed by atoms with Crippen molar-refractivity contribution in [1.29, 1.82) is 0 Å². The van der Waals surface area contributed by atoms with Crippen LogP contribution < -0.4 is 4.74 Å². The molecule has 0 fully saturated rings. The van der Waals surface area contributed by atoms with Crippen LogP contribution >= 0.6 is 0 Å². The molecule has 3 aromatic rings. The van der Waals surface area contributed by atoms with Gasteiger partial charge in [-0.1, -0.05) is 18.2 Å². The van der Waals surface area contributed by atoms with Gasteiger partial charge in [-0.05, 0) is 18.2 Å². The first-order valence-corrected chi connectivity index (χ1v) is 5.41. The van der Waals surface area contributed by atoms with Crippen LogP contribution in [0.5, 0.6) is 5.75 Å². The highest BCUT2D eigenvalue weighted by Gasteiger charge is 2.05. The zero-order chi connectivity index (χ0) is 11.5. The average Bonchev–Trinajstić information content (AvgIpc) is 2.81. The molecule has 2 aromatic heterocycles. The fourth-order valence-electron chi connectivity index (χ4n) is 1.74. The Bertz CT molecular complexity index is 616. The Morgan fingerprint density at radius 3 is 2.94 bits per heavy atom. The Morgan fingerprint density at radius 1 is 1.12 bits per heavy atom. The lowest BCUT2D eigenvalue weighted by atomic mass is 10.2. The number of aromatic nitrogens is 1. The number of pyridine rings is 1. The van der Waals surface area contributed by atoms with Gasteiger partial charge in [0.2, 0.25) is 0 Å². The summed E-state index contributed by atoms with van der Waals surface area (Å²) in [5, 5.41) is 1.09. The molecule has 0 radical (unpaired) electrons. The van der Waals surface area contributed by atoms with Gasteiger partial charge in [0.15, 0.2) is 0 Å². The second-order valence-electron chi connectivity index (χ2n) is 3.73. The van der Waals surface area contributed by atoms with Crippen molar-refractivity contribution in [3.8, 4) is 5.75 Å². The first-order valence-electron chi connectivity index (χ1n) is 5.41. The fraction of sp³-hybridized carbons (Fsp3) is 0.0714. The molecule has 2 heterocycles. The van der Waals surface area contributed by atoms with Gasteiger partial charge in [0.05, 0.1) is 12.5 Å². The van der Waals surface area contributed by atoms with Crippen LogP contribution in [0.2, 0.25) is 0 Å². The molecule has 84 valence electrons. The molecule has 0 saturated heterocycles. The van der Waals surface area contributed by atoms with E-state index in [4.69, 9.17) is 9.15 Å². The van der Waals surface area contributed by atoms with Crippen LogP contribution in [-0.4, -0.2) is 4.98 Å². The Labute approximate surface area is 98.7 Å². The molecule has 0 amide bonds. The zero-order valence-electron chi connectivity index (χ0n) is 9.17. The van der Waals surface area contributed by atoms with Gasteiger partial charge in [0.1, 0.15) is 17.9 Å². The van der Waals surface area contributed by atoms with E-state index < -0.39 is 0 Å². The van der Waals surface area contributed by atoms with Gasteiger partial charge in [-0.25, -0.2) is 0 Å². The van der Waals surface area contributed by atoms with Crippen molar-refractivity contribution in [2.45, 2.75) is 6.61 Å². The van der Waals surface area contributed by atoms with E-state index in [1.165, 1.54) is 0 Å². The van der Waals surface area contributed by atoms with Crippen LogP contribution in [0.4, 0.5) is 0 Å². The highest BCUT2D eigenvalue weighted by molar-refractivity contribution is 5.80. The van der Waals surface area contributed by atoms with E-state index in [-0.39, 0.29) is 0 Å². The first-order chi connectivity index (χ1) is 8.43. The van der Waals surface area contributed by atoms with E-state index in [0.29, 0.717) is 6.61 Å². The first kappa shape index (κ1) is 9.90. The number of fused-ring (bicyclic) bond motifs is 1. The summed E-state index contributed by atoms with van der Waals surface area (Å²) >= 11 is 0. The van der Waals surface area contributed by atoms with Crippen molar-refractivity contribution in [3.63, 3.8) is 0 Å². The van der Waals surface area contributed by atoms with Crippen LogP contribution in [0.15, 0.2) is 59.5 Å². The van der Waals surface area contributed by atoms with Gasteiger partial charge in [-0.2, -0.15) is 0 Å². The quantitative estimate of drug-likeness (QED) is 0.685. The zero-order valence-corrected chi connectivity index (χ0v) is 9.17. The molecule has 0 unspecified atom stereocenters. The van der Waals surface area contributed by atoms with Gasteiger partial charge >= 0.3 is 0 Å². The molecule has 0 spiro atoms. The number of furan rings is 1. The van der Waals surface area contributed by atoms with Crippen molar-refractivity contribution < 1.29 is 9.15 Å². The Morgan fingerprint density at radius 2 is 2.06 bits per heavy atom. The summed E-state index contributed by atoms with van der Waals surface area (Å²) in [5.74, 6) is 0.762. The van der Waals surface area contributed by atoms with Crippen molar-refractivity contribution in [2.75, 3.05) is 0 Å². The van der Waals surface area contributed by atoms with E-state index in [2.05, 4.69) is 4.98 Å². The molecule has 0 bridgehead atoms. The molecule has 3 rings (SSSR count). The third kappa shape index (κ3) is 1.99. The lowest BCUT2D eigenvalue weighted by molar-refractivity contribution is 0.304. The summed E-state index contributed by atoms with van der Waals surface area (Å²) in [4.78, 5) is 4.00. The molecule has 0 aliphatic rings. The molecule has 0 N–H and O–H groups in total. The topological polar surface area (TPSA) is 35.3 Å². The maximum Gasteiger partial charge on any atom is 0.138 e. The van der Waals surface area contributed by atoms with E-state index in [1.54, 1.807) is 18.7 Å². The third-order valence-corrected chi connectivity index (χ3v) is 2.59. The average molecular weight is 225 g/mol. The van der Waals surface area contributed by atoms with Crippen LogP contribution in [0.1, 0.15) is 5.56 Å². The predicted molar refractivity (Wildman–Crippen MR) is 64.8 cm³/mol. The largest absolute Gasteiger partial charge is 0.487 e. The summed E-state index contributed by atoms with van der Waals surface area (Å²) < 4.78 is 11.1. The number of ether oxygens (including phenoxy) is 1. The SMILES string of the molecule is c1cncc(OCc2coc3ccccc23)c1. The number of para-hydroxylation sites is 1.